The predicted octanol–water partition coefficient (Wildman–Crippen LogP) is 2.72. The summed E-state index contributed by atoms with van der Waals surface area (Å²) in [5.41, 5.74) is 0.849. The van der Waals surface area contributed by atoms with Crippen molar-refractivity contribution in [2.75, 3.05) is 7.11 Å². The molecule has 1 aromatic carbocycles. The Bertz CT molecular complexity index is 500. The van der Waals surface area contributed by atoms with E-state index >= 15 is 0 Å². The lowest BCUT2D eigenvalue weighted by molar-refractivity contribution is -0.141. The van der Waals surface area contributed by atoms with Crippen LogP contribution in [-0.4, -0.2) is 19.0 Å². The minimum Gasteiger partial charge on any atom is -0.469 e. The van der Waals surface area contributed by atoms with Crippen molar-refractivity contribution in [1.29, 1.82) is 0 Å². The summed E-state index contributed by atoms with van der Waals surface area (Å²) in [6, 6.07) is 6.74. The van der Waals surface area contributed by atoms with E-state index in [2.05, 4.69) is 10.1 Å². The van der Waals surface area contributed by atoms with Gasteiger partial charge in [-0.1, -0.05) is 30.7 Å². The second-order valence-corrected chi connectivity index (χ2v) is 5.65. The molecule has 20 heavy (non-hydrogen) atoms. The first-order valence-corrected chi connectivity index (χ1v) is 7.01. The van der Waals surface area contributed by atoms with Gasteiger partial charge in [0.1, 0.15) is 0 Å². The lowest BCUT2D eigenvalue weighted by Gasteiger charge is -2.18. The molecular formula is C15H18ClNO3. The second kappa shape index (κ2) is 6.27. The normalized spacial score (nSPS) is 21.9. The third-order valence-corrected chi connectivity index (χ3v) is 3.89. The fourth-order valence-electron chi connectivity index (χ4n) is 2.16. The molecule has 0 aliphatic heterocycles. The third-order valence-electron chi connectivity index (χ3n) is 3.63. The Morgan fingerprint density at radius 2 is 2.00 bits per heavy atom. The maximum atomic E-state index is 12.0. The number of carbonyl (C=O) groups is 2. The molecule has 108 valence electrons. The van der Waals surface area contributed by atoms with Crippen LogP contribution in [0.5, 0.6) is 0 Å². The first kappa shape index (κ1) is 14.9. The van der Waals surface area contributed by atoms with E-state index in [0.29, 0.717) is 10.9 Å². The molecule has 1 aliphatic carbocycles. The molecular weight excluding hydrogens is 278 g/mol. The number of hydrogen-bond donors (Lipinski definition) is 1. The van der Waals surface area contributed by atoms with Gasteiger partial charge in [0.25, 0.3) is 0 Å². The lowest BCUT2D eigenvalue weighted by atomic mass is 10.0. The van der Waals surface area contributed by atoms with Crippen LogP contribution in [0, 0.1) is 11.8 Å². The fraction of sp³-hybridized carbons (Fsp3) is 0.467. The molecule has 0 unspecified atom stereocenters. The Morgan fingerprint density at radius 3 is 2.50 bits per heavy atom. The number of rotatable bonds is 5. The van der Waals surface area contributed by atoms with Crippen molar-refractivity contribution in [3.05, 3.63) is 34.9 Å². The first-order chi connectivity index (χ1) is 9.51. The molecule has 0 saturated heterocycles. The van der Waals surface area contributed by atoms with E-state index in [0.717, 1.165) is 12.0 Å². The number of ether oxygens (including phenoxy) is 1. The summed E-state index contributed by atoms with van der Waals surface area (Å²) < 4.78 is 4.69. The first-order valence-electron chi connectivity index (χ1n) is 6.64. The summed E-state index contributed by atoms with van der Waals surface area (Å²) >= 11 is 5.86. The smallest absolute Gasteiger partial charge is 0.307 e. The van der Waals surface area contributed by atoms with E-state index in [1.807, 2.05) is 19.1 Å². The van der Waals surface area contributed by atoms with Gasteiger partial charge in [-0.15, -0.1) is 0 Å². The highest BCUT2D eigenvalue weighted by atomic mass is 35.5. The van der Waals surface area contributed by atoms with E-state index in [9.17, 15) is 9.59 Å². The molecule has 1 fully saturated rings. The van der Waals surface area contributed by atoms with Gasteiger partial charge in [-0.3, -0.25) is 9.59 Å². The van der Waals surface area contributed by atoms with Crippen LogP contribution in [-0.2, 0) is 14.3 Å². The van der Waals surface area contributed by atoms with E-state index < -0.39 is 0 Å². The third kappa shape index (κ3) is 3.73. The largest absolute Gasteiger partial charge is 0.469 e. The number of benzene rings is 1. The topological polar surface area (TPSA) is 55.4 Å². The minimum atomic E-state index is -0.375. The zero-order valence-corrected chi connectivity index (χ0v) is 12.3. The van der Waals surface area contributed by atoms with E-state index in [1.54, 1.807) is 12.1 Å². The summed E-state index contributed by atoms with van der Waals surface area (Å²) in [6.07, 6.45) is 1.03. The summed E-state index contributed by atoms with van der Waals surface area (Å²) in [5.74, 6) is 0.150. The number of hydrogen-bond acceptors (Lipinski definition) is 3. The van der Waals surface area contributed by atoms with Crippen LogP contribution in [0.15, 0.2) is 24.3 Å². The molecule has 0 heterocycles. The van der Waals surface area contributed by atoms with Gasteiger partial charge in [0.05, 0.1) is 19.6 Å². The van der Waals surface area contributed by atoms with E-state index in [1.165, 1.54) is 7.11 Å². The zero-order chi connectivity index (χ0) is 14.7. The lowest BCUT2D eigenvalue weighted by Crippen LogP contribution is -2.31. The molecule has 2 rings (SSSR count). The highest BCUT2D eigenvalue weighted by Gasteiger charge is 2.40. The van der Waals surface area contributed by atoms with Crippen LogP contribution < -0.4 is 5.32 Å². The van der Waals surface area contributed by atoms with E-state index in [-0.39, 0.29) is 30.3 Å². The summed E-state index contributed by atoms with van der Waals surface area (Å²) in [4.78, 5) is 23.5. The highest BCUT2D eigenvalue weighted by molar-refractivity contribution is 6.30. The van der Waals surface area contributed by atoms with E-state index in [4.69, 9.17) is 11.6 Å². The number of methoxy groups -OCH3 is 1. The maximum Gasteiger partial charge on any atom is 0.307 e. The van der Waals surface area contributed by atoms with Crippen LogP contribution in [0.1, 0.15) is 31.4 Å². The van der Waals surface area contributed by atoms with Crippen molar-refractivity contribution in [3.63, 3.8) is 0 Å². The van der Waals surface area contributed by atoms with Gasteiger partial charge in [-0.05, 0) is 30.0 Å². The zero-order valence-electron chi connectivity index (χ0n) is 11.6. The van der Waals surface area contributed by atoms with Gasteiger partial charge >= 0.3 is 5.97 Å². The number of esters is 1. The molecule has 0 bridgehead atoms. The van der Waals surface area contributed by atoms with Crippen LogP contribution >= 0.6 is 11.6 Å². The number of carbonyl (C=O) groups excluding carboxylic acids is 2. The summed E-state index contributed by atoms with van der Waals surface area (Å²) in [6.45, 7) is 2.04. The van der Waals surface area contributed by atoms with Gasteiger partial charge in [0, 0.05) is 10.9 Å². The molecule has 1 amide bonds. The van der Waals surface area contributed by atoms with Crippen molar-refractivity contribution in [3.8, 4) is 0 Å². The molecule has 3 atom stereocenters. The Kier molecular flexibility index (Phi) is 4.65. The van der Waals surface area contributed by atoms with Crippen LogP contribution in [0.3, 0.4) is 0 Å². The molecule has 0 radical (unpaired) electrons. The van der Waals surface area contributed by atoms with Crippen LogP contribution in [0.2, 0.25) is 5.02 Å². The van der Waals surface area contributed by atoms with Crippen LogP contribution in [0.25, 0.3) is 0 Å². The summed E-state index contributed by atoms with van der Waals surface area (Å²) in [7, 11) is 1.34. The minimum absolute atomic E-state index is 0.00125. The van der Waals surface area contributed by atoms with Gasteiger partial charge in [-0.25, -0.2) is 0 Å². The molecule has 5 heteroatoms. The standard InChI is InChI=1S/C15H18ClNO3/c1-9-7-12(9)15(19)17-13(8-14(18)20-2)10-3-5-11(16)6-4-10/h3-6,9,12-13H,7-8H2,1-2H3,(H,17,19)/t9-,12+,13-/m0/s1. The molecule has 4 nitrogen and oxygen atoms in total. The number of halogens is 1. The average molecular weight is 296 g/mol. The SMILES string of the molecule is COC(=O)C[C@H](NC(=O)[C@@H]1C[C@@H]1C)c1ccc(Cl)cc1. The predicted molar refractivity (Wildman–Crippen MR) is 76.2 cm³/mol. The Hall–Kier alpha value is -1.55. The Morgan fingerprint density at radius 1 is 1.40 bits per heavy atom. The van der Waals surface area contributed by atoms with Crippen molar-refractivity contribution in [2.24, 2.45) is 11.8 Å². The molecule has 1 aromatic rings. The Balaban J connectivity index is 2.09. The Labute approximate surface area is 123 Å². The molecule has 1 saturated carbocycles. The van der Waals surface area contributed by atoms with Gasteiger partial charge in [0.2, 0.25) is 5.91 Å². The molecule has 0 spiro atoms. The van der Waals surface area contributed by atoms with Gasteiger partial charge in [-0.2, -0.15) is 0 Å². The van der Waals surface area contributed by atoms with Gasteiger partial charge < -0.3 is 10.1 Å². The van der Waals surface area contributed by atoms with Crippen molar-refractivity contribution in [1.82, 2.24) is 5.32 Å². The average Bonchev–Trinajstić information content (AvgIpc) is 3.16. The molecule has 0 aromatic heterocycles. The second-order valence-electron chi connectivity index (χ2n) is 5.21. The maximum absolute atomic E-state index is 12.0. The number of amides is 1. The molecule has 1 N–H and O–H groups in total. The molecule has 1 aliphatic rings. The van der Waals surface area contributed by atoms with Crippen LogP contribution in [0.4, 0.5) is 0 Å². The van der Waals surface area contributed by atoms with Crippen molar-refractivity contribution < 1.29 is 14.3 Å². The summed E-state index contributed by atoms with van der Waals surface area (Å²) in [5, 5.41) is 3.55. The quantitative estimate of drug-likeness (QED) is 0.850. The van der Waals surface area contributed by atoms with Gasteiger partial charge in [0.15, 0.2) is 0 Å². The number of nitrogens with one attached hydrogen (secondary N) is 1. The monoisotopic (exact) mass is 295 g/mol. The van der Waals surface area contributed by atoms with Crippen molar-refractivity contribution >= 4 is 23.5 Å². The fourth-order valence-corrected chi connectivity index (χ4v) is 2.29. The highest BCUT2D eigenvalue weighted by Crippen LogP contribution is 2.38. The van der Waals surface area contributed by atoms with Crippen molar-refractivity contribution in [2.45, 2.75) is 25.8 Å².